The summed E-state index contributed by atoms with van der Waals surface area (Å²) < 4.78 is 13.2. The molecule has 2 aromatic heterocycles. The molecule has 0 saturated carbocycles. The molecule has 20 aromatic rings. The molecule has 0 saturated heterocycles. The maximum atomic E-state index is 6.63. The van der Waals surface area contributed by atoms with Gasteiger partial charge < -0.3 is 28.4 Å². The summed E-state index contributed by atoms with van der Waals surface area (Å²) in [6.07, 6.45) is 0. The normalized spacial score (nSPS) is 11.3. The highest BCUT2D eigenvalue weighted by Gasteiger charge is 2.23. The highest BCUT2D eigenvalue weighted by atomic mass is 16.3. The first-order valence-corrected chi connectivity index (χ1v) is 38.7. The second-order valence-corrected chi connectivity index (χ2v) is 28.8. The highest BCUT2D eigenvalue weighted by molar-refractivity contribution is 6.11. The van der Waals surface area contributed by atoms with Gasteiger partial charge in [-0.25, -0.2) is 0 Å². The number of hydrogen-bond acceptors (Lipinski definition) is 6. The highest BCUT2D eigenvalue weighted by Crippen LogP contribution is 2.47. The fourth-order valence-corrected chi connectivity index (χ4v) is 16.2. The van der Waals surface area contributed by atoms with Crippen LogP contribution in [-0.2, 0) is 0 Å². The molecule has 0 amide bonds. The van der Waals surface area contributed by atoms with E-state index in [2.05, 4.69) is 444 Å². The van der Waals surface area contributed by atoms with E-state index in [1.807, 2.05) is 24.3 Å². The zero-order chi connectivity index (χ0) is 75.7. The van der Waals surface area contributed by atoms with Gasteiger partial charge in [-0.3, -0.25) is 0 Å². The number of para-hydroxylation sites is 6. The molecule has 0 aliphatic carbocycles. The van der Waals surface area contributed by atoms with E-state index in [0.717, 1.165) is 168 Å². The first-order chi connectivity index (χ1) is 56.5. The first kappa shape index (κ1) is 68.1. The van der Waals surface area contributed by atoms with E-state index in [9.17, 15) is 0 Å². The minimum absolute atomic E-state index is 0.850. The van der Waals surface area contributed by atoms with Crippen molar-refractivity contribution in [2.24, 2.45) is 0 Å². The molecule has 0 N–H and O–H groups in total. The SMILES string of the molecule is c1ccc(-c2ccc(-c3ccc(N(c4ccc(-c5ccc(N(c6ccccc6)c6ccc(-c7ccccc7)cc6)cc5)cc4)c4ccc(-c5cccc(N(c6ccc(-c7ccc(N(c8ccccc8)c8cccc9c8oc8ccccc89)cc7)cc6)c6ccc(-c7cccc8c7oc7ccccc78)cc6)c5)cc4)cc3)cc2)cc1. The van der Waals surface area contributed by atoms with Crippen molar-refractivity contribution in [2.75, 3.05) is 19.6 Å². The number of fused-ring (bicyclic) bond motifs is 6. The van der Waals surface area contributed by atoms with Crippen LogP contribution in [0.5, 0.6) is 0 Å². The van der Waals surface area contributed by atoms with E-state index in [0.29, 0.717) is 0 Å². The van der Waals surface area contributed by atoms with E-state index in [1.165, 1.54) is 22.3 Å². The molecule has 0 aliphatic rings. The van der Waals surface area contributed by atoms with Crippen LogP contribution >= 0.6 is 0 Å². The zero-order valence-corrected chi connectivity index (χ0v) is 62.3. The first-order valence-electron chi connectivity index (χ1n) is 38.7. The van der Waals surface area contributed by atoms with Crippen molar-refractivity contribution in [3.05, 3.63) is 449 Å². The zero-order valence-electron chi connectivity index (χ0n) is 62.3. The number of benzene rings is 18. The van der Waals surface area contributed by atoms with Gasteiger partial charge in [0.2, 0.25) is 0 Å². The smallest absolute Gasteiger partial charge is 0.159 e. The van der Waals surface area contributed by atoms with Crippen molar-refractivity contribution in [2.45, 2.75) is 0 Å². The predicted octanol–water partition coefficient (Wildman–Crippen LogP) is 31.0. The Balaban J connectivity index is 0.624. The van der Waals surface area contributed by atoms with Crippen molar-refractivity contribution in [3.63, 3.8) is 0 Å². The lowest BCUT2D eigenvalue weighted by atomic mass is 9.99. The van der Waals surface area contributed by atoms with Crippen LogP contribution in [0.25, 0.3) is 122 Å². The van der Waals surface area contributed by atoms with Gasteiger partial charge >= 0.3 is 0 Å². The summed E-state index contributed by atoms with van der Waals surface area (Å²) in [5.74, 6) is 0. The van der Waals surface area contributed by atoms with Gasteiger partial charge in [0.1, 0.15) is 16.7 Å². The maximum absolute atomic E-state index is 6.63. The Hall–Kier alpha value is -15.2. The van der Waals surface area contributed by atoms with Gasteiger partial charge in [-0.2, -0.15) is 0 Å². The van der Waals surface area contributed by atoms with Crippen LogP contribution in [0.3, 0.4) is 0 Å². The van der Waals surface area contributed by atoms with Crippen molar-refractivity contribution >= 4 is 112 Å². The van der Waals surface area contributed by atoms with E-state index in [-0.39, 0.29) is 0 Å². The molecule has 18 aromatic carbocycles. The minimum atomic E-state index is 0.850. The molecule has 0 fully saturated rings. The third-order valence-electron chi connectivity index (χ3n) is 21.9. The number of rotatable bonds is 19. The van der Waals surface area contributed by atoms with Gasteiger partial charge in [-0.1, -0.05) is 297 Å². The largest absolute Gasteiger partial charge is 0.455 e. The van der Waals surface area contributed by atoms with Crippen LogP contribution in [0.1, 0.15) is 0 Å². The lowest BCUT2D eigenvalue weighted by Crippen LogP contribution is -2.10. The molecule has 0 atom stereocenters. The van der Waals surface area contributed by atoms with Crippen LogP contribution in [0.4, 0.5) is 68.2 Å². The van der Waals surface area contributed by atoms with Crippen LogP contribution in [-0.4, -0.2) is 0 Å². The van der Waals surface area contributed by atoms with Gasteiger partial charge in [0, 0.05) is 89.7 Å². The van der Waals surface area contributed by atoms with Gasteiger partial charge in [0.05, 0.1) is 5.69 Å². The van der Waals surface area contributed by atoms with Crippen LogP contribution in [0, 0.1) is 0 Å². The Bertz CT molecular complexity index is 6750. The minimum Gasteiger partial charge on any atom is -0.455 e. The molecule has 0 aliphatic heterocycles. The fraction of sp³-hybridized carbons (Fsp3) is 0. The molecule has 0 spiro atoms. The van der Waals surface area contributed by atoms with Crippen LogP contribution < -0.4 is 19.6 Å². The standard InChI is InChI=1S/C108H74N4O2/c1-5-20-75(21-6-1)77-38-40-78(41-39-77)80-44-62-92(63-45-80)110(93-64-48-82(49-65-93)81-46-60-91(61-47-81)109(88-25-9-3-10-26-88)90-58-42-79(43-59-90)76-22-7-2-8-23-76)94-68-54-85(55-69-94)87-24-17-29-98(74-87)111(96-72-56-86(57-73-96)99-32-18-33-102-100-30-13-15-36-105(100)113-107(99)102)95-66-50-83(51-67-95)84-52-70-97(71-53-84)112(89-27-11-4-12-28-89)104-35-19-34-103-101-31-14-16-37-106(101)114-108(103)104/h1-74H. The molecule has 6 heteroatoms. The average Bonchev–Trinajstić information content (AvgIpc) is 1.75. The van der Waals surface area contributed by atoms with Crippen LogP contribution in [0.2, 0.25) is 0 Å². The summed E-state index contributed by atoms with van der Waals surface area (Å²) in [7, 11) is 0. The van der Waals surface area contributed by atoms with Crippen LogP contribution in [0.15, 0.2) is 458 Å². The Kier molecular flexibility index (Phi) is 17.9. The van der Waals surface area contributed by atoms with E-state index >= 15 is 0 Å². The monoisotopic (exact) mass is 1460 g/mol. The third kappa shape index (κ3) is 13.3. The van der Waals surface area contributed by atoms with Crippen molar-refractivity contribution in [1.29, 1.82) is 0 Å². The van der Waals surface area contributed by atoms with Gasteiger partial charge in [0.25, 0.3) is 0 Å². The lowest BCUT2D eigenvalue weighted by Gasteiger charge is -2.27. The summed E-state index contributed by atoms with van der Waals surface area (Å²) >= 11 is 0. The van der Waals surface area contributed by atoms with E-state index < -0.39 is 0 Å². The van der Waals surface area contributed by atoms with Gasteiger partial charge in [0.15, 0.2) is 5.58 Å². The van der Waals surface area contributed by atoms with Crippen molar-refractivity contribution in [3.8, 4) is 77.9 Å². The molecule has 6 nitrogen and oxygen atoms in total. The Morgan fingerprint density at radius 2 is 0.377 bits per heavy atom. The molecule has 20 rings (SSSR count). The Labute approximate surface area is 663 Å². The summed E-state index contributed by atoms with van der Waals surface area (Å²) in [4.78, 5) is 9.33. The summed E-state index contributed by atoms with van der Waals surface area (Å²) in [6, 6.07) is 161. The second-order valence-electron chi connectivity index (χ2n) is 28.8. The predicted molar refractivity (Wildman–Crippen MR) is 478 cm³/mol. The second kappa shape index (κ2) is 30.0. The summed E-state index contributed by atoms with van der Waals surface area (Å²) in [5.41, 5.74) is 31.8. The number of anilines is 12. The molecule has 2 heterocycles. The Morgan fingerprint density at radius 3 is 0.772 bits per heavy atom. The van der Waals surface area contributed by atoms with Gasteiger partial charge in [-0.15, -0.1) is 0 Å². The molecule has 0 unspecified atom stereocenters. The van der Waals surface area contributed by atoms with Gasteiger partial charge in [-0.05, 0) is 224 Å². The van der Waals surface area contributed by atoms with E-state index in [1.54, 1.807) is 0 Å². The molecular weight excluding hydrogens is 1390 g/mol. The quantitative estimate of drug-likeness (QED) is 0.0803. The molecule has 114 heavy (non-hydrogen) atoms. The lowest BCUT2D eigenvalue weighted by molar-refractivity contribution is 0.669. The molecule has 0 radical (unpaired) electrons. The third-order valence-corrected chi connectivity index (χ3v) is 21.9. The fourth-order valence-electron chi connectivity index (χ4n) is 16.2. The number of hydrogen-bond donors (Lipinski definition) is 0. The number of nitrogens with zero attached hydrogens (tertiary/aromatic N) is 4. The molecule has 0 bridgehead atoms. The maximum Gasteiger partial charge on any atom is 0.159 e. The Morgan fingerprint density at radius 1 is 0.140 bits per heavy atom. The summed E-state index contributed by atoms with van der Waals surface area (Å²) in [5, 5.41) is 4.40. The van der Waals surface area contributed by atoms with Crippen molar-refractivity contribution < 1.29 is 8.83 Å². The van der Waals surface area contributed by atoms with E-state index in [4.69, 9.17) is 8.83 Å². The summed E-state index contributed by atoms with van der Waals surface area (Å²) in [6.45, 7) is 0. The average molecular weight is 1460 g/mol. The van der Waals surface area contributed by atoms with Crippen molar-refractivity contribution in [1.82, 2.24) is 0 Å². The topological polar surface area (TPSA) is 39.2 Å². The molecular formula is C108H74N4O2. The number of furan rings is 2. The molecule has 538 valence electrons.